The summed E-state index contributed by atoms with van der Waals surface area (Å²) in [6.07, 6.45) is 56.5. The zero-order valence-corrected chi connectivity index (χ0v) is 43.8. The van der Waals surface area contributed by atoms with Crippen molar-refractivity contribution in [1.82, 2.24) is 0 Å². The van der Waals surface area contributed by atoms with Crippen LogP contribution < -0.4 is 0 Å². The summed E-state index contributed by atoms with van der Waals surface area (Å²) in [5.74, 6) is 0.0607. The molecule has 0 N–H and O–H groups in total. The van der Waals surface area contributed by atoms with Crippen molar-refractivity contribution >= 4 is 17.9 Å². The fourth-order valence-electron chi connectivity index (χ4n) is 8.89. The first kappa shape index (κ1) is 62.4. The summed E-state index contributed by atoms with van der Waals surface area (Å²) < 4.78 is 16.9. The fourth-order valence-corrected chi connectivity index (χ4v) is 8.89. The molecule has 0 bridgehead atoms. The van der Waals surface area contributed by atoms with Gasteiger partial charge in [-0.1, -0.05) is 291 Å². The molecule has 0 heterocycles. The molecule has 0 aliphatic heterocycles. The Balaban J connectivity index is 4.28. The third-order valence-corrected chi connectivity index (χ3v) is 13.7. The average molecular weight is 906 g/mol. The van der Waals surface area contributed by atoms with E-state index >= 15 is 0 Å². The molecule has 64 heavy (non-hydrogen) atoms. The first-order valence-corrected chi connectivity index (χ1v) is 28.9. The standard InChI is InChI=1S/C58H112O6/c1-5-8-10-12-14-16-18-20-21-26-29-33-37-41-45-49-56(59)62-52-55(64-58(61)51-47-43-39-35-31-24-19-17-15-13-11-9-6-2)53-63-57(60)50-46-42-38-34-30-27-23-22-25-28-32-36-40-44-48-54(4)7-3/h54-55H,5-53H2,1-4H3/t54?,55-/m0/s1. The Bertz CT molecular complexity index is 966. The maximum absolute atomic E-state index is 12.8. The maximum Gasteiger partial charge on any atom is 0.306 e. The van der Waals surface area contributed by atoms with Gasteiger partial charge in [0, 0.05) is 19.3 Å². The molecule has 0 amide bonds. The molecular weight excluding hydrogens is 793 g/mol. The average Bonchev–Trinajstić information content (AvgIpc) is 3.29. The summed E-state index contributed by atoms with van der Waals surface area (Å²) in [4.78, 5) is 38.1. The number of ether oxygens (including phenoxy) is 3. The Morgan fingerprint density at radius 1 is 0.312 bits per heavy atom. The monoisotopic (exact) mass is 905 g/mol. The fraction of sp³-hybridized carbons (Fsp3) is 0.948. The van der Waals surface area contributed by atoms with Crippen molar-refractivity contribution in [2.45, 2.75) is 336 Å². The molecule has 0 saturated carbocycles. The summed E-state index contributed by atoms with van der Waals surface area (Å²) in [7, 11) is 0. The third kappa shape index (κ3) is 49.8. The highest BCUT2D eigenvalue weighted by atomic mass is 16.6. The van der Waals surface area contributed by atoms with Crippen LogP contribution in [0.2, 0.25) is 0 Å². The van der Waals surface area contributed by atoms with Crippen LogP contribution in [0.3, 0.4) is 0 Å². The highest BCUT2D eigenvalue weighted by molar-refractivity contribution is 5.71. The summed E-state index contributed by atoms with van der Waals surface area (Å²) in [6, 6.07) is 0. The Morgan fingerprint density at radius 3 is 0.812 bits per heavy atom. The Kier molecular flexibility index (Phi) is 51.1. The summed E-state index contributed by atoms with van der Waals surface area (Å²) >= 11 is 0. The van der Waals surface area contributed by atoms with Gasteiger partial charge in [0.1, 0.15) is 13.2 Å². The molecule has 0 radical (unpaired) electrons. The van der Waals surface area contributed by atoms with Crippen LogP contribution in [0.4, 0.5) is 0 Å². The van der Waals surface area contributed by atoms with E-state index < -0.39 is 6.10 Å². The molecule has 2 atom stereocenters. The summed E-state index contributed by atoms with van der Waals surface area (Å²) in [5, 5.41) is 0. The predicted molar refractivity (Wildman–Crippen MR) is 275 cm³/mol. The van der Waals surface area contributed by atoms with Gasteiger partial charge in [-0.3, -0.25) is 14.4 Å². The van der Waals surface area contributed by atoms with Gasteiger partial charge in [-0.15, -0.1) is 0 Å². The SMILES string of the molecule is CCCCCCCCCCCCCCCCCC(=O)OC[C@@H](COC(=O)CCCCCCCCCCCCCCCCC(C)CC)OC(=O)CCCCCCCCCCCCCCC. The second-order valence-corrected chi connectivity index (χ2v) is 20.2. The van der Waals surface area contributed by atoms with Gasteiger partial charge < -0.3 is 14.2 Å². The van der Waals surface area contributed by atoms with Gasteiger partial charge in [-0.2, -0.15) is 0 Å². The first-order chi connectivity index (χ1) is 31.4. The highest BCUT2D eigenvalue weighted by Crippen LogP contribution is 2.18. The van der Waals surface area contributed by atoms with Crippen molar-refractivity contribution in [1.29, 1.82) is 0 Å². The van der Waals surface area contributed by atoms with Gasteiger partial charge in [0.05, 0.1) is 0 Å². The normalized spacial score (nSPS) is 12.4. The van der Waals surface area contributed by atoms with Gasteiger partial charge in [0.15, 0.2) is 6.10 Å². The molecule has 0 aliphatic carbocycles. The van der Waals surface area contributed by atoms with Crippen LogP contribution in [0.15, 0.2) is 0 Å². The van der Waals surface area contributed by atoms with E-state index in [1.807, 2.05) is 0 Å². The lowest BCUT2D eigenvalue weighted by molar-refractivity contribution is -0.167. The van der Waals surface area contributed by atoms with Crippen LogP contribution in [0, 0.1) is 5.92 Å². The number of carbonyl (C=O) groups excluding carboxylic acids is 3. The quantitative estimate of drug-likeness (QED) is 0.0344. The predicted octanol–water partition coefficient (Wildman–Crippen LogP) is 19.0. The lowest BCUT2D eigenvalue weighted by Crippen LogP contribution is -2.30. The van der Waals surface area contributed by atoms with Gasteiger partial charge in [-0.05, 0) is 25.2 Å². The van der Waals surface area contributed by atoms with Crippen molar-refractivity contribution in [3.63, 3.8) is 0 Å². The van der Waals surface area contributed by atoms with E-state index in [9.17, 15) is 14.4 Å². The minimum Gasteiger partial charge on any atom is -0.462 e. The number of unbranched alkanes of at least 4 members (excludes halogenated alkanes) is 39. The number of rotatable bonds is 53. The van der Waals surface area contributed by atoms with Crippen molar-refractivity contribution in [3.05, 3.63) is 0 Å². The van der Waals surface area contributed by atoms with Crippen LogP contribution in [0.5, 0.6) is 0 Å². The second kappa shape index (κ2) is 52.4. The van der Waals surface area contributed by atoms with E-state index in [0.29, 0.717) is 19.3 Å². The molecule has 6 heteroatoms. The molecule has 0 aromatic rings. The maximum atomic E-state index is 12.8. The van der Waals surface area contributed by atoms with Crippen molar-refractivity contribution in [2.75, 3.05) is 13.2 Å². The van der Waals surface area contributed by atoms with E-state index in [2.05, 4.69) is 27.7 Å². The smallest absolute Gasteiger partial charge is 0.306 e. The van der Waals surface area contributed by atoms with Crippen LogP contribution in [-0.2, 0) is 28.6 Å². The van der Waals surface area contributed by atoms with Crippen molar-refractivity contribution in [2.24, 2.45) is 5.92 Å². The number of hydrogen-bond acceptors (Lipinski definition) is 6. The number of esters is 3. The second-order valence-electron chi connectivity index (χ2n) is 20.2. The summed E-state index contributed by atoms with van der Waals surface area (Å²) in [5.41, 5.74) is 0. The molecule has 0 aliphatic rings. The molecule has 0 saturated heterocycles. The lowest BCUT2D eigenvalue weighted by atomic mass is 9.99. The van der Waals surface area contributed by atoms with E-state index in [-0.39, 0.29) is 31.1 Å². The molecule has 0 aromatic carbocycles. The van der Waals surface area contributed by atoms with Crippen LogP contribution in [0.1, 0.15) is 329 Å². The zero-order valence-electron chi connectivity index (χ0n) is 43.8. The topological polar surface area (TPSA) is 78.9 Å². The van der Waals surface area contributed by atoms with Crippen LogP contribution >= 0.6 is 0 Å². The van der Waals surface area contributed by atoms with Gasteiger partial charge in [0.2, 0.25) is 0 Å². The minimum atomic E-state index is -0.761. The van der Waals surface area contributed by atoms with E-state index in [4.69, 9.17) is 14.2 Å². The lowest BCUT2D eigenvalue weighted by Gasteiger charge is -2.18. The van der Waals surface area contributed by atoms with Gasteiger partial charge in [0.25, 0.3) is 0 Å². The minimum absolute atomic E-state index is 0.0618. The first-order valence-electron chi connectivity index (χ1n) is 28.9. The third-order valence-electron chi connectivity index (χ3n) is 13.7. The van der Waals surface area contributed by atoms with Crippen LogP contribution in [-0.4, -0.2) is 37.2 Å². The highest BCUT2D eigenvalue weighted by Gasteiger charge is 2.19. The van der Waals surface area contributed by atoms with Gasteiger partial charge >= 0.3 is 17.9 Å². The van der Waals surface area contributed by atoms with Crippen molar-refractivity contribution < 1.29 is 28.6 Å². The molecule has 1 unspecified atom stereocenters. The largest absolute Gasteiger partial charge is 0.462 e. The zero-order chi connectivity index (χ0) is 46.7. The molecule has 6 nitrogen and oxygen atoms in total. The molecule has 0 spiro atoms. The molecule has 0 fully saturated rings. The van der Waals surface area contributed by atoms with E-state index in [1.54, 1.807) is 0 Å². The Hall–Kier alpha value is -1.59. The molecule has 380 valence electrons. The van der Waals surface area contributed by atoms with Crippen LogP contribution in [0.25, 0.3) is 0 Å². The van der Waals surface area contributed by atoms with Gasteiger partial charge in [-0.25, -0.2) is 0 Å². The van der Waals surface area contributed by atoms with E-state index in [1.165, 1.54) is 225 Å². The number of hydrogen-bond donors (Lipinski definition) is 0. The number of carbonyl (C=O) groups is 3. The molecular formula is C58H112O6. The molecule has 0 rings (SSSR count). The van der Waals surface area contributed by atoms with E-state index in [0.717, 1.165) is 63.7 Å². The molecule has 0 aromatic heterocycles. The Morgan fingerprint density at radius 2 is 0.547 bits per heavy atom. The Labute approximate surface area is 399 Å². The van der Waals surface area contributed by atoms with Crippen molar-refractivity contribution in [3.8, 4) is 0 Å². The summed E-state index contributed by atoms with van der Waals surface area (Å²) in [6.45, 7) is 9.10.